The number of carbonyl (C=O) groups excluding carboxylic acids is 1. The minimum atomic E-state index is -0.782. The average Bonchev–Trinajstić information content (AvgIpc) is 3.09. The van der Waals surface area contributed by atoms with Crippen LogP contribution in [0.4, 0.5) is 11.6 Å². The van der Waals surface area contributed by atoms with Crippen LogP contribution in [0, 0.1) is 10.1 Å². The summed E-state index contributed by atoms with van der Waals surface area (Å²) in [7, 11) is 0. The number of esters is 1. The number of carbonyl (C=O) groups is 1. The number of rotatable bonds is 6. The lowest BCUT2D eigenvalue weighted by atomic mass is 9.93. The van der Waals surface area contributed by atoms with Gasteiger partial charge in [-0.3, -0.25) is 10.1 Å². The van der Waals surface area contributed by atoms with E-state index in [4.69, 9.17) is 4.74 Å². The highest BCUT2D eigenvalue weighted by molar-refractivity contribution is 5.92. The fourth-order valence-corrected chi connectivity index (χ4v) is 3.08. The molecule has 0 fully saturated rings. The quantitative estimate of drug-likeness (QED) is 0.480. The number of nitrogens with zero attached hydrogens (tertiary/aromatic N) is 4. The van der Waals surface area contributed by atoms with Crippen LogP contribution in [0.2, 0.25) is 0 Å². The molecule has 9 nitrogen and oxygen atoms in total. The highest BCUT2D eigenvalue weighted by Gasteiger charge is 2.38. The molecule has 0 saturated heterocycles. The average molecular weight is 357 g/mol. The van der Waals surface area contributed by atoms with Crippen LogP contribution in [0.15, 0.2) is 41.9 Å². The van der Waals surface area contributed by atoms with Crippen LogP contribution in [0.25, 0.3) is 0 Å². The number of fused-ring (bicyclic) bond motifs is 1. The summed E-state index contributed by atoms with van der Waals surface area (Å²) in [5.41, 5.74) is 1.25. The Kier molecular flexibility index (Phi) is 4.97. The summed E-state index contributed by atoms with van der Waals surface area (Å²) in [6.45, 7) is 3.90. The lowest BCUT2D eigenvalue weighted by Gasteiger charge is -2.29. The molecule has 2 aromatic rings. The zero-order chi connectivity index (χ0) is 18.7. The van der Waals surface area contributed by atoms with Crippen molar-refractivity contribution >= 4 is 17.6 Å². The van der Waals surface area contributed by atoms with Gasteiger partial charge in [0.05, 0.1) is 22.7 Å². The third-order valence-electron chi connectivity index (χ3n) is 4.10. The van der Waals surface area contributed by atoms with Gasteiger partial charge in [-0.25, -0.2) is 9.48 Å². The number of nitro benzene ring substituents is 1. The summed E-state index contributed by atoms with van der Waals surface area (Å²) in [4.78, 5) is 28.0. The Hall–Kier alpha value is -3.23. The van der Waals surface area contributed by atoms with Crippen molar-refractivity contribution in [3.05, 3.63) is 57.5 Å². The van der Waals surface area contributed by atoms with Crippen molar-refractivity contribution in [2.45, 2.75) is 32.7 Å². The largest absolute Gasteiger partial charge is 0.463 e. The summed E-state index contributed by atoms with van der Waals surface area (Å²) in [6, 6.07) is 5.55. The highest BCUT2D eigenvalue weighted by atomic mass is 16.6. The number of nitrogens with one attached hydrogen (secondary N) is 1. The van der Waals surface area contributed by atoms with Gasteiger partial charge in [-0.2, -0.15) is 10.1 Å². The first-order valence-corrected chi connectivity index (χ1v) is 8.38. The Bertz CT molecular complexity index is 874. The van der Waals surface area contributed by atoms with Crippen molar-refractivity contribution in [3.63, 3.8) is 0 Å². The van der Waals surface area contributed by atoms with Gasteiger partial charge in [-0.15, -0.1) is 0 Å². The van der Waals surface area contributed by atoms with E-state index in [1.165, 1.54) is 17.1 Å². The van der Waals surface area contributed by atoms with Gasteiger partial charge in [0.1, 0.15) is 12.4 Å². The van der Waals surface area contributed by atoms with E-state index in [2.05, 4.69) is 15.4 Å². The van der Waals surface area contributed by atoms with Crippen molar-refractivity contribution < 1.29 is 14.5 Å². The second-order valence-electron chi connectivity index (χ2n) is 5.73. The molecule has 0 saturated carbocycles. The Morgan fingerprint density at radius 3 is 2.85 bits per heavy atom. The second kappa shape index (κ2) is 7.34. The number of hydrogen-bond acceptors (Lipinski definition) is 7. The summed E-state index contributed by atoms with van der Waals surface area (Å²) in [5.74, 6) is -0.0857. The maximum absolute atomic E-state index is 12.7. The van der Waals surface area contributed by atoms with Crippen LogP contribution in [-0.2, 0) is 9.53 Å². The Morgan fingerprint density at radius 1 is 1.38 bits per heavy atom. The van der Waals surface area contributed by atoms with Gasteiger partial charge in [0.2, 0.25) is 5.95 Å². The smallest absolute Gasteiger partial charge is 0.338 e. The molecule has 0 spiro atoms. The van der Waals surface area contributed by atoms with Gasteiger partial charge in [-0.1, -0.05) is 25.5 Å². The molecule has 1 aromatic heterocycles. The van der Waals surface area contributed by atoms with E-state index in [-0.39, 0.29) is 12.3 Å². The summed E-state index contributed by atoms with van der Waals surface area (Å²) < 4.78 is 6.71. The Labute approximate surface area is 149 Å². The fourth-order valence-electron chi connectivity index (χ4n) is 3.08. The normalized spacial score (nSPS) is 16.0. The van der Waals surface area contributed by atoms with Gasteiger partial charge in [-0.05, 0) is 19.4 Å². The van der Waals surface area contributed by atoms with Crippen LogP contribution in [0.3, 0.4) is 0 Å². The van der Waals surface area contributed by atoms with Crippen LogP contribution in [-0.4, -0.2) is 32.3 Å². The molecule has 0 radical (unpaired) electrons. The molecule has 1 N–H and O–H groups in total. The third kappa shape index (κ3) is 3.03. The zero-order valence-corrected chi connectivity index (χ0v) is 14.5. The molecule has 1 aliphatic rings. The van der Waals surface area contributed by atoms with Gasteiger partial charge in [0, 0.05) is 11.8 Å². The van der Waals surface area contributed by atoms with Gasteiger partial charge < -0.3 is 10.1 Å². The van der Waals surface area contributed by atoms with Crippen molar-refractivity contribution in [1.82, 2.24) is 14.8 Å². The molecular weight excluding hydrogens is 338 g/mol. The molecule has 0 unspecified atom stereocenters. The van der Waals surface area contributed by atoms with E-state index in [0.717, 1.165) is 6.42 Å². The van der Waals surface area contributed by atoms with E-state index < -0.39 is 16.9 Å². The molecular formula is C17H19N5O4. The van der Waals surface area contributed by atoms with Crippen molar-refractivity contribution in [2.75, 3.05) is 11.9 Å². The van der Waals surface area contributed by atoms with Gasteiger partial charge in [0.25, 0.3) is 5.69 Å². The maximum Gasteiger partial charge on any atom is 0.338 e. The van der Waals surface area contributed by atoms with Crippen LogP contribution < -0.4 is 5.32 Å². The standard InChI is InChI=1S/C17H19N5O4/c1-3-7-12-14(16(23)26-4-2)15(21-17(20-12)18-10-19-21)11-8-5-6-9-13(11)22(24)25/h5-6,8-10,15H,3-4,7H2,1-2H3,(H,18,19,20)/t15-/m1/s1. The van der Waals surface area contributed by atoms with Crippen LogP contribution in [0.5, 0.6) is 0 Å². The highest BCUT2D eigenvalue weighted by Crippen LogP contribution is 2.39. The van der Waals surface area contributed by atoms with Gasteiger partial charge >= 0.3 is 5.97 Å². The van der Waals surface area contributed by atoms with Crippen molar-refractivity contribution in [1.29, 1.82) is 0 Å². The predicted octanol–water partition coefficient (Wildman–Crippen LogP) is 2.82. The molecule has 136 valence electrons. The number of para-hydroxylation sites is 1. The monoisotopic (exact) mass is 357 g/mol. The Morgan fingerprint density at radius 2 is 2.15 bits per heavy atom. The van der Waals surface area contributed by atoms with E-state index in [1.807, 2.05) is 6.92 Å². The lowest BCUT2D eigenvalue weighted by Crippen LogP contribution is -2.30. The second-order valence-corrected chi connectivity index (χ2v) is 5.73. The minimum absolute atomic E-state index is 0.0847. The van der Waals surface area contributed by atoms with Gasteiger partial charge in [0.15, 0.2) is 0 Å². The van der Waals surface area contributed by atoms with E-state index in [1.54, 1.807) is 25.1 Å². The summed E-state index contributed by atoms with van der Waals surface area (Å²) in [5, 5.41) is 18.8. The van der Waals surface area contributed by atoms with E-state index >= 15 is 0 Å². The molecule has 0 amide bonds. The number of nitro groups is 1. The molecule has 9 heteroatoms. The number of anilines is 1. The summed E-state index contributed by atoms with van der Waals surface area (Å²) in [6.07, 6.45) is 2.71. The molecule has 0 aliphatic carbocycles. The van der Waals surface area contributed by atoms with Crippen LogP contribution >= 0.6 is 0 Å². The molecule has 0 bridgehead atoms. The Balaban J connectivity index is 2.25. The zero-order valence-electron chi connectivity index (χ0n) is 14.5. The van der Waals surface area contributed by atoms with Crippen molar-refractivity contribution in [3.8, 4) is 0 Å². The van der Waals surface area contributed by atoms with Crippen LogP contribution in [0.1, 0.15) is 38.3 Å². The SMILES string of the molecule is CCCC1=C(C(=O)OCC)[C@@H](c2ccccc2[N+](=O)[O-])n2ncnc2N1. The molecule has 1 aliphatic heterocycles. The number of aromatic nitrogens is 3. The molecule has 26 heavy (non-hydrogen) atoms. The molecule has 2 heterocycles. The molecule has 1 atom stereocenters. The van der Waals surface area contributed by atoms with E-state index in [0.29, 0.717) is 29.2 Å². The third-order valence-corrected chi connectivity index (χ3v) is 4.10. The first-order chi connectivity index (χ1) is 12.6. The molecule has 1 aromatic carbocycles. The lowest BCUT2D eigenvalue weighted by molar-refractivity contribution is -0.385. The first-order valence-electron chi connectivity index (χ1n) is 8.38. The molecule has 3 rings (SSSR count). The predicted molar refractivity (Wildman–Crippen MR) is 93.4 cm³/mol. The van der Waals surface area contributed by atoms with E-state index in [9.17, 15) is 14.9 Å². The minimum Gasteiger partial charge on any atom is -0.463 e. The number of ether oxygens (including phenoxy) is 1. The number of benzene rings is 1. The van der Waals surface area contributed by atoms with Crippen molar-refractivity contribution in [2.24, 2.45) is 0 Å². The summed E-state index contributed by atoms with van der Waals surface area (Å²) >= 11 is 0. The number of allylic oxidation sites excluding steroid dienone is 1. The first kappa shape index (κ1) is 17.6. The maximum atomic E-state index is 12.7. The fraction of sp³-hybridized carbons (Fsp3) is 0.353. The number of hydrogen-bond donors (Lipinski definition) is 1. The topological polar surface area (TPSA) is 112 Å².